The lowest BCUT2D eigenvalue weighted by molar-refractivity contribution is 0.102. The number of aromatic nitrogens is 4. The van der Waals surface area contributed by atoms with E-state index in [0.717, 1.165) is 26.5 Å². The fourth-order valence-corrected chi connectivity index (χ4v) is 3.85. The van der Waals surface area contributed by atoms with Gasteiger partial charge in [0.2, 0.25) is 0 Å². The Kier molecular flexibility index (Phi) is 6.13. The zero-order valence-corrected chi connectivity index (χ0v) is 17.9. The fraction of sp³-hybridized carbons (Fsp3) is 0.136. The molecule has 0 saturated carbocycles. The minimum atomic E-state index is -0.250. The molecule has 4 rings (SSSR count). The molecular weight excluding hydrogens is 410 g/mol. The molecule has 0 spiro atoms. The third kappa shape index (κ3) is 4.84. The lowest BCUT2D eigenvalue weighted by atomic mass is 10.2. The van der Waals surface area contributed by atoms with E-state index in [2.05, 4.69) is 35.9 Å². The topological polar surface area (TPSA) is 105 Å². The average molecular weight is 432 g/mol. The summed E-state index contributed by atoms with van der Waals surface area (Å²) in [6.07, 6.45) is 8.57. The number of thiazole rings is 1. The number of fused-ring (bicyclic) bond motifs is 1. The number of hydrogen-bond acceptors (Lipinski definition) is 8. The zero-order valence-electron chi connectivity index (χ0n) is 17.1. The molecule has 1 amide bonds. The van der Waals surface area contributed by atoms with Crippen LogP contribution >= 0.6 is 11.3 Å². The van der Waals surface area contributed by atoms with Crippen LogP contribution in [0, 0.1) is 6.92 Å². The molecule has 8 nitrogen and oxygen atoms in total. The molecule has 0 unspecified atom stereocenters. The van der Waals surface area contributed by atoms with Gasteiger partial charge in [0.25, 0.3) is 5.91 Å². The van der Waals surface area contributed by atoms with Crippen molar-refractivity contribution in [1.82, 2.24) is 25.3 Å². The van der Waals surface area contributed by atoms with E-state index in [1.807, 2.05) is 44.4 Å². The van der Waals surface area contributed by atoms with E-state index in [9.17, 15) is 4.79 Å². The van der Waals surface area contributed by atoms with E-state index in [-0.39, 0.29) is 5.91 Å². The molecule has 0 fully saturated rings. The Balaban J connectivity index is 1.51. The molecular formula is C22H21N7OS. The van der Waals surface area contributed by atoms with Gasteiger partial charge in [0.1, 0.15) is 12.1 Å². The van der Waals surface area contributed by atoms with E-state index in [0.29, 0.717) is 23.6 Å². The standard InChI is InChI=1S/C22H21N7OS/c1-14-28-18-10-16(5-6-20(18)31-14)29-22(30)17-4-3-8-25-21(17)26-12-19-15(7-9-23-2)11-24-13-27-19/h3-11,13,23H,12H2,1-2H3,(H,25,26)(H,29,30)/b9-7-. The number of pyridine rings is 1. The molecule has 0 bridgehead atoms. The Morgan fingerprint density at radius 1 is 1.23 bits per heavy atom. The van der Waals surface area contributed by atoms with Gasteiger partial charge in [-0.15, -0.1) is 11.3 Å². The minimum absolute atomic E-state index is 0.250. The van der Waals surface area contributed by atoms with Crippen LogP contribution in [0.2, 0.25) is 0 Å². The predicted molar refractivity (Wildman–Crippen MR) is 124 cm³/mol. The summed E-state index contributed by atoms with van der Waals surface area (Å²) in [5.41, 5.74) is 3.67. The Hall–Kier alpha value is -3.85. The van der Waals surface area contributed by atoms with Crippen LogP contribution in [0.3, 0.4) is 0 Å². The Morgan fingerprint density at radius 3 is 3.00 bits per heavy atom. The van der Waals surface area contributed by atoms with Crippen molar-refractivity contribution in [3.63, 3.8) is 0 Å². The molecule has 4 aromatic rings. The van der Waals surface area contributed by atoms with Crippen molar-refractivity contribution < 1.29 is 4.79 Å². The van der Waals surface area contributed by atoms with Gasteiger partial charge in [-0.05, 0) is 49.5 Å². The third-order valence-electron chi connectivity index (χ3n) is 4.48. The summed E-state index contributed by atoms with van der Waals surface area (Å²) in [6, 6.07) is 9.19. The molecule has 31 heavy (non-hydrogen) atoms. The summed E-state index contributed by atoms with van der Waals surface area (Å²) in [7, 11) is 1.82. The van der Waals surface area contributed by atoms with Crippen LogP contribution in [0.5, 0.6) is 0 Å². The first-order chi connectivity index (χ1) is 15.1. The summed E-state index contributed by atoms with van der Waals surface area (Å²) in [5.74, 6) is 0.229. The van der Waals surface area contributed by atoms with Gasteiger partial charge in [-0.25, -0.2) is 19.9 Å². The second kappa shape index (κ2) is 9.31. The van der Waals surface area contributed by atoms with Gasteiger partial charge in [0.15, 0.2) is 0 Å². The van der Waals surface area contributed by atoms with E-state index >= 15 is 0 Å². The van der Waals surface area contributed by atoms with Crippen LogP contribution in [0.15, 0.2) is 55.3 Å². The number of aryl methyl sites for hydroxylation is 1. The first kappa shape index (κ1) is 20.4. The van der Waals surface area contributed by atoms with Crippen molar-refractivity contribution in [2.45, 2.75) is 13.5 Å². The summed E-state index contributed by atoms with van der Waals surface area (Å²) in [4.78, 5) is 30.2. The lowest BCUT2D eigenvalue weighted by Gasteiger charge is -2.12. The van der Waals surface area contributed by atoms with Crippen LogP contribution in [0.25, 0.3) is 16.3 Å². The second-order valence-electron chi connectivity index (χ2n) is 6.67. The van der Waals surface area contributed by atoms with Crippen LogP contribution in [-0.4, -0.2) is 32.9 Å². The second-order valence-corrected chi connectivity index (χ2v) is 7.90. The monoisotopic (exact) mass is 431 g/mol. The van der Waals surface area contributed by atoms with Gasteiger partial charge < -0.3 is 16.0 Å². The van der Waals surface area contributed by atoms with Gasteiger partial charge in [-0.3, -0.25) is 4.79 Å². The zero-order chi connectivity index (χ0) is 21.6. The lowest BCUT2D eigenvalue weighted by Crippen LogP contribution is -2.16. The highest BCUT2D eigenvalue weighted by Crippen LogP contribution is 2.25. The van der Waals surface area contributed by atoms with Crippen molar-refractivity contribution in [1.29, 1.82) is 0 Å². The van der Waals surface area contributed by atoms with Crippen molar-refractivity contribution >= 4 is 45.0 Å². The van der Waals surface area contributed by atoms with E-state index in [1.54, 1.807) is 35.9 Å². The first-order valence-corrected chi connectivity index (χ1v) is 10.5. The normalized spacial score (nSPS) is 11.0. The van der Waals surface area contributed by atoms with Gasteiger partial charge in [0.05, 0.1) is 33.0 Å². The Labute approximate surface area is 183 Å². The number of carbonyl (C=O) groups is 1. The summed E-state index contributed by atoms with van der Waals surface area (Å²) >= 11 is 1.63. The highest BCUT2D eigenvalue weighted by molar-refractivity contribution is 7.18. The minimum Gasteiger partial charge on any atom is -0.394 e. The number of benzene rings is 1. The number of carbonyl (C=O) groups excluding carboxylic acids is 1. The third-order valence-corrected chi connectivity index (χ3v) is 5.44. The highest BCUT2D eigenvalue weighted by atomic mass is 32.1. The first-order valence-electron chi connectivity index (χ1n) is 9.64. The van der Waals surface area contributed by atoms with Crippen molar-refractivity contribution in [3.8, 4) is 0 Å². The summed E-state index contributed by atoms with van der Waals surface area (Å²) in [5, 5.41) is 10.1. The number of hydrogen-bond donors (Lipinski definition) is 3. The molecule has 3 aromatic heterocycles. The Bertz CT molecular complexity index is 1250. The van der Waals surface area contributed by atoms with E-state index in [1.165, 1.54) is 6.33 Å². The summed E-state index contributed by atoms with van der Waals surface area (Å²) in [6.45, 7) is 2.36. The van der Waals surface area contributed by atoms with Gasteiger partial charge in [-0.1, -0.05) is 0 Å². The molecule has 0 saturated heterocycles. The molecule has 0 aliphatic heterocycles. The fourth-order valence-electron chi connectivity index (χ4n) is 3.04. The predicted octanol–water partition coefficient (Wildman–Crippen LogP) is 3.84. The smallest absolute Gasteiger partial charge is 0.259 e. The average Bonchev–Trinajstić information content (AvgIpc) is 3.16. The van der Waals surface area contributed by atoms with Crippen LogP contribution in [-0.2, 0) is 6.54 Å². The molecule has 3 N–H and O–H groups in total. The van der Waals surface area contributed by atoms with Gasteiger partial charge in [0, 0.05) is 30.7 Å². The molecule has 0 atom stereocenters. The molecule has 3 heterocycles. The number of nitrogens with zero attached hydrogens (tertiary/aromatic N) is 4. The molecule has 0 aliphatic carbocycles. The molecule has 156 valence electrons. The van der Waals surface area contributed by atoms with E-state index < -0.39 is 0 Å². The SMILES string of the molecule is CN/C=C\c1cncnc1CNc1ncccc1C(=O)Nc1ccc2sc(C)nc2c1. The Morgan fingerprint density at radius 2 is 2.13 bits per heavy atom. The van der Waals surface area contributed by atoms with Gasteiger partial charge in [-0.2, -0.15) is 0 Å². The number of amides is 1. The molecule has 0 radical (unpaired) electrons. The maximum Gasteiger partial charge on any atom is 0.259 e. The van der Waals surface area contributed by atoms with E-state index in [4.69, 9.17) is 0 Å². The highest BCUT2D eigenvalue weighted by Gasteiger charge is 2.14. The van der Waals surface area contributed by atoms with Crippen LogP contribution in [0.1, 0.15) is 26.6 Å². The maximum absolute atomic E-state index is 12.9. The maximum atomic E-state index is 12.9. The largest absolute Gasteiger partial charge is 0.394 e. The van der Waals surface area contributed by atoms with Crippen molar-refractivity contribution in [2.75, 3.05) is 17.7 Å². The number of nitrogens with one attached hydrogen (secondary N) is 3. The molecule has 1 aromatic carbocycles. The summed E-state index contributed by atoms with van der Waals surface area (Å²) < 4.78 is 1.09. The van der Waals surface area contributed by atoms with Crippen molar-refractivity contribution in [3.05, 3.63) is 77.1 Å². The molecule has 0 aliphatic rings. The number of rotatable bonds is 7. The van der Waals surface area contributed by atoms with Gasteiger partial charge >= 0.3 is 0 Å². The van der Waals surface area contributed by atoms with Crippen LogP contribution in [0.4, 0.5) is 11.5 Å². The van der Waals surface area contributed by atoms with Crippen molar-refractivity contribution in [2.24, 2.45) is 0 Å². The molecule has 9 heteroatoms. The van der Waals surface area contributed by atoms with Crippen LogP contribution < -0.4 is 16.0 Å². The number of anilines is 2. The quantitative estimate of drug-likeness (QED) is 0.408.